The van der Waals surface area contributed by atoms with Crippen LogP contribution in [0.25, 0.3) is 0 Å². The second kappa shape index (κ2) is 18.2. The second-order valence-corrected chi connectivity index (χ2v) is 12.7. The van der Waals surface area contributed by atoms with Gasteiger partial charge in [-0.3, -0.25) is 0 Å². The smallest absolute Gasteiger partial charge is 0.412 e. The van der Waals surface area contributed by atoms with Crippen LogP contribution in [-0.4, -0.2) is 92.0 Å². The maximum Gasteiger partial charge on any atom is 0.412 e. The molecule has 1 aromatic rings. The van der Waals surface area contributed by atoms with Gasteiger partial charge in [0, 0.05) is 44.7 Å². The molecule has 0 bridgehead atoms. The fourth-order valence-electron chi connectivity index (χ4n) is 7.65. The standard InChI is InChI=1S/C37H53N3O9/c1-6-9-21-46-36(44)40(4)32-24-30(39-45-5)28-22-25(14-10-12-18-41)27(15-11-13-19-42)33-29-23-26(48-35(43)38-8-3)16-17-31(29)49-37(32,34(28)33)47-20-7-2/h6-7,16-17,22-23,25,27,32-34,41-42H,1-2,8-15,18-21,24H2,3-5H3,(H,38,43). The average molecular weight is 684 g/mol. The number of nitrogens with zero attached hydrogens (tertiary/aromatic N) is 2. The number of unbranched alkanes of at least 4 members (excludes halogenated alkanes) is 2. The summed E-state index contributed by atoms with van der Waals surface area (Å²) < 4.78 is 25.1. The van der Waals surface area contributed by atoms with Crippen molar-refractivity contribution in [2.75, 3.05) is 47.1 Å². The summed E-state index contributed by atoms with van der Waals surface area (Å²) in [5.41, 5.74) is 2.44. The van der Waals surface area contributed by atoms with Gasteiger partial charge in [0.05, 0.1) is 24.8 Å². The molecule has 6 atom stereocenters. The topological polar surface area (TPSA) is 148 Å². The molecule has 2 amide bonds. The Balaban J connectivity index is 1.97. The second-order valence-electron chi connectivity index (χ2n) is 12.7. The minimum atomic E-state index is -1.39. The molecule has 6 unspecified atom stereocenters. The van der Waals surface area contributed by atoms with Gasteiger partial charge < -0.3 is 44.2 Å². The van der Waals surface area contributed by atoms with Crippen LogP contribution in [0.15, 0.2) is 60.3 Å². The van der Waals surface area contributed by atoms with Gasteiger partial charge in [0.25, 0.3) is 0 Å². The molecule has 1 saturated carbocycles. The van der Waals surface area contributed by atoms with Crippen LogP contribution in [0.4, 0.5) is 9.59 Å². The molecule has 1 fully saturated rings. The van der Waals surface area contributed by atoms with Crippen LogP contribution >= 0.6 is 0 Å². The average Bonchev–Trinajstić information content (AvgIpc) is 3.09. The number of aliphatic hydroxyl groups excluding tert-OH is 2. The van der Waals surface area contributed by atoms with Crippen LogP contribution in [0.5, 0.6) is 11.5 Å². The molecule has 0 saturated heterocycles. The Hall–Kier alpha value is -3.87. The van der Waals surface area contributed by atoms with E-state index in [-0.39, 0.29) is 50.6 Å². The van der Waals surface area contributed by atoms with Gasteiger partial charge in [0.1, 0.15) is 24.7 Å². The Labute approximate surface area is 289 Å². The predicted octanol–water partition coefficient (Wildman–Crippen LogP) is 5.70. The van der Waals surface area contributed by atoms with Crippen LogP contribution in [0.2, 0.25) is 0 Å². The number of ether oxygens (including phenoxy) is 4. The fourth-order valence-corrected chi connectivity index (χ4v) is 7.65. The molecule has 3 N–H and O–H groups in total. The molecule has 4 rings (SSSR count). The van der Waals surface area contributed by atoms with E-state index in [9.17, 15) is 19.8 Å². The van der Waals surface area contributed by atoms with E-state index >= 15 is 0 Å². The van der Waals surface area contributed by atoms with Crippen molar-refractivity contribution in [1.82, 2.24) is 10.2 Å². The molecule has 49 heavy (non-hydrogen) atoms. The van der Waals surface area contributed by atoms with Crippen LogP contribution in [0.1, 0.15) is 69.8 Å². The zero-order chi connectivity index (χ0) is 35.4. The molecule has 2 aliphatic carbocycles. The summed E-state index contributed by atoms with van der Waals surface area (Å²) in [6.45, 7) is 10.4. The molecule has 1 aromatic carbocycles. The zero-order valence-corrected chi connectivity index (χ0v) is 29.1. The van der Waals surface area contributed by atoms with E-state index in [1.54, 1.807) is 31.3 Å². The monoisotopic (exact) mass is 683 g/mol. The summed E-state index contributed by atoms with van der Waals surface area (Å²) in [6, 6.07) is 4.66. The number of oxime groups is 1. The Morgan fingerprint density at radius 1 is 1.14 bits per heavy atom. The highest BCUT2D eigenvalue weighted by Crippen LogP contribution is 2.61. The SMILES string of the molecule is C=CCCOC(=O)N(C)C1CC(=NOC)C2=CC(CCCCO)C(CCCCO)C3c4cc(OC(=O)NCC)ccc4OC1(OCC=C)C23. The Kier molecular flexibility index (Phi) is 14.1. The van der Waals surface area contributed by atoms with Crippen molar-refractivity contribution in [3.63, 3.8) is 0 Å². The normalized spacial score (nSPS) is 25.9. The number of rotatable bonds is 18. The third-order valence-electron chi connectivity index (χ3n) is 9.68. The molecule has 0 spiro atoms. The fraction of sp³-hybridized carbons (Fsp3) is 0.595. The van der Waals surface area contributed by atoms with Crippen molar-refractivity contribution >= 4 is 17.9 Å². The van der Waals surface area contributed by atoms with E-state index < -0.39 is 29.9 Å². The number of carbonyl (C=O) groups is 2. The maximum atomic E-state index is 13.6. The molecule has 12 nitrogen and oxygen atoms in total. The third kappa shape index (κ3) is 8.48. The van der Waals surface area contributed by atoms with Gasteiger partial charge in [-0.15, -0.1) is 13.2 Å². The quantitative estimate of drug-likeness (QED) is 0.101. The van der Waals surface area contributed by atoms with E-state index in [1.165, 1.54) is 12.0 Å². The maximum absolute atomic E-state index is 13.6. The number of hydrogen-bond acceptors (Lipinski definition) is 10. The summed E-state index contributed by atoms with van der Waals surface area (Å²) in [4.78, 5) is 33.0. The number of amides is 2. The largest absolute Gasteiger partial charge is 0.459 e. The third-order valence-corrected chi connectivity index (χ3v) is 9.68. The van der Waals surface area contributed by atoms with E-state index in [0.717, 1.165) is 36.8 Å². The molecular weight excluding hydrogens is 630 g/mol. The first-order chi connectivity index (χ1) is 23.8. The van der Waals surface area contributed by atoms with Crippen LogP contribution < -0.4 is 14.8 Å². The first kappa shape index (κ1) is 37.9. The lowest BCUT2D eigenvalue weighted by atomic mass is 9.55. The lowest BCUT2D eigenvalue weighted by Gasteiger charge is -2.59. The van der Waals surface area contributed by atoms with Crippen LogP contribution in [0, 0.1) is 17.8 Å². The van der Waals surface area contributed by atoms with Gasteiger partial charge >= 0.3 is 12.2 Å². The number of fused-ring (bicyclic) bond motifs is 2. The summed E-state index contributed by atoms with van der Waals surface area (Å²) in [5, 5.41) is 26.6. The molecule has 12 heteroatoms. The zero-order valence-electron chi connectivity index (χ0n) is 29.1. The summed E-state index contributed by atoms with van der Waals surface area (Å²) in [6.07, 6.45) is 9.82. The Morgan fingerprint density at radius 3 is 2.57 bits per heavy atom. The highest BCUT2D eigenvalue weighted by Gasteiger charge is 2.65. The molecular formula is C37H53N3O9. The van der Waals surface area contributed by atoms with Gasteiger partial charge in [-0.05, 0) is 74.6 Å². The minimum absolute atomic E-state index is 0.0421. The summed E-state index contributed by atoms with van der Waals surface area (Å²) >= 11 is 0. The van der Waals surface area contributed by atoms with Crippen molar-refractivity contribution in [3.05, 3.63) is 60.7 Å². The first-order valence-electron chi connectivity index (χ1n) is 17.4. The van der Waals surface area contributed by atoms with Gasteiger partial charge in [-0.1, -0.05) is 36.2 Å². The summed E-state index contributed by atoms with van der Waals surface area (Å²) in [5.74, 6) is -1.04. The van der Waals surface area contributed by atoms with Crippen LogP contribution in [-0.2, 0) is 14.3 Å². The molecule has 270 valence electrons. The van der Waals surface area contributed by atoms with Gasteiger partial charge in [-0.2, -0.15) is 0 Å². The van der Waals surface area contributed by atoms with E-state index in [0.29, 0.717) is 43.0 Å². The first-order valence-corrected chi connectivity index (χ1v) is 17.4. The van der Waals surface area contributed by atoms with Crippen molar-refractivity contribution in [3.8, 4) is 11.5 Å². The van der Waals surface area contributed by atoms with E-state index in [1.807, 2.05) is 13.0 Å². The lowest BCUT2D eigenvalue weighted by molar-refractivity contribution is -0.253. The van der Waals surface area contributed by atoms with Crippen molar-refractivity contribution in [2.45, 2.75) is 76.0 Å². The van der Waals surface area contributed by atoms with Gasteiger partial charge in [0.2, 0.25) is 5.79 Å². The van der Waals surface area contributed by atoms with Gasteiger partial charge in [-0.25, -0.2) is 9.59 Å². The van der Waals surface area contributed by atoms with Gasteiger partial charge in [0.15, 0.2) is 0 Å². The molecule has 3 aliphatic rings. The number of nitrogens with one attached hydrogen (secondary N) is 1. The van der Waals surface area contributed by atoms with Crippen molar-refractivity contribution in [1.29, 1.82) is 0 Å². The predicted molar refractivity (Wildman–Crippen MR) is 186 cm³/mol. The summed E-state index contributed by atoms with van der Waals surface area (Å²) in [7, 11) is 3.18. The van der Waals surface area contributed by atoms with Crippen molar-refractivity contribution < 1.29 is 43.6 Å². The number of carbonyl (C=O) groups excluding carboxylic acids is 2. The highest BCUT2D eigenvalue weighted by molar-refractivity contribution is 6.02. The number of likely N-dealkylation sites (N-methyl/N-ethyl adjacent to an activating group) is 1. The number of aliphatic hydroxyl groups is 2. The van der Waals surface area contributed by atoms with E-state index in [4.69, 9.17) is 23.8 Å². The number of benzene rings is 1. The lowest BCUT2D eigenvalue weighted by Crippen LogP contribution is -2.69. The highest BCUT2D eigenvalue weighted by atomic mass is 16.7. The number of allylic oxidation sites excluding steroid dienone is 1. The van der Waals surface area contributed by atoms with Crippen molar-refractivity contribution in [2.24, 2.45) is 22.9 Å². The molecule has 0 aromatic heterocycles. The Bertz CT molecular complexity index is 1360. The molecule has 1 heterocycles. The Morgan fingerprint density at radius 2 is 1.90 bits per heavy atom. The van der Waals surface area contributed by atoms with Crippen LogP contribution in [0.3, 0.4) is 0 Å². The molecule has 0 radical (unpaired) electrons. The minimum Gasteiger partial charge on any atom is -0.459 e. The molecule has 1 aliphatic heterocycles. The number of hydrogen-bond donors (Lipinski definition) is 3. The van der Waals surface area contributed by atoms with E-state index in [2.05, 4.69) is 29.7 Å².